The first kappa shape index (κ1) is 13.4. The lowest BCUT2D eigenvalue weighted by Gasteiger charge is -2.17. The van der Waals surface area contributed by atoms with E-state index in [0.29, 0.717) is 0 Å². The lowest BCUT2D eigenvalue weighted by molar-refractivity contribution is 1.13. The van der Waals surface area contributed by atoms with Crippen molar-refractivity contribution in [3.8, 4) is 0 Å². The third kappa shape index (κ3) is 2.64. The van der Waals surface area contributed by atoms with Crippen molar-refractivity contribution in [1.82, 2.24) is 4.98 Å². The summed E-state index contributed by atoms with van der Waals surface area (Å²) in [5.41, 5.74) is 3.23. The largest absolute Gasteiger partial charge is 0.376 e. The predicted molar refractivity (Wildman–Crippen MR) is 91.4 cm³/mol. The molecule has 0 atom stereocenters. The van der Waals surface area contributed by atoms with Crippen molar-refractivity contribution in [2.75, 3.05) is 24.3 Å². The number of hydrogen-bond donors (Lipinski definition) is 1. The summed E-state index contributed by atoms with van der Waals surface area (Å²) in [7, 11) is 4.08. The Morgan fingerprint density at radius 3 is 2.75 bits per heavy atom. The molecule has 3 nitrogen and oxygen atoms in total. The molecule has 1 aromatic heterocycles. The fourth-order valence-electron chi connectivity index (χ4n) is 2.04. The molecule has 3 rings (SSSR count). The lowest BCUT2D eigenvalue weighted by atomic mass is 10.2. The van der Waals surface area contributed by atoms with Crippen LogP contribution in [0.15, 0.2) is 46.9 Å². The van der Waals surface area contributed by atoms with E-state index < -0.39 is 0 Å². The number of nitrogens with zero attached hydrogens (tertiary/aromatic N) is 2. The van der Waals surface area contributed by atoms with Gasteiger partial charge >= 0.3 is 0 Å². The van der Waals surface area contributed by atoms with Crippen molar-refractivity contribution in [3.05, 3.63) is 46.9 Å². The maximum absolute atomic E-state index is 4.62. The molecule has 0 spiro atoms. The number of benzene rings is 2. The van der Waals surface area contributed by atoms with Gasteiger partial charge in [-0.05, 0) is 30.3 Å². The molecule has 0 radical (unpaired) electrons. The lowest BCUT2D eigenvalue weighted by Crippen LogP contribution is -2.10. The van der Waals surface area contributed by atoms with Crippen LogP contribution in [0.3, 0.4) is 0 Å². The summed E-state index contributed by atoms with van der Waals surface area (Å²) in [6, 6.07) is 14.4. The van der Waals surface area contributed by atoms with E-state index in [0.717, 1.165) is 26.5 Å². The number of anilines is 3. The van der Waals surface area contributed by atoms with Gasteiger partial charge in [-0.3, -0.25) is 0 Å². The Hall–Kier alpha value is -1.59. The van der Waals surface area contributed by atoms with Gasteiger partial charge in [-0.15, -0.1) is 0 Å². The quantitative estimate of drug-likeness (QED) is 0.732. The molecule has 0 aliphatic carbocycles. The second kappa shape index (κ2) is 5.42. The summed E-state index contributed by atoms with van der Waals surface area (Å²) in [5, 5.41) is 4.32. The zero-order valence-corrected chi connectivity index (χ0v) is 13.6. The molecule has 3 aromatic rings. The highest BCUT2D eigenvalue weighted by molar-refractivity contribution is 9.10. The number of thiazole rings is 1. The van der Waals surface area contributed by atoms with E-state index in [1.165, 1.54) is 4.70 Å². The number of para-hydroxylation sites is 2. The van der Waals surface area contributed by atoms with Crippen LogP contribution in [0.2, 0.25) is 0 Å². The molecule has 0 bridgehead atoms. The molecule has 0 saturated heterocycles. The van der Waals surface area contributed by atoms with Crippen molar-refractivity contribution >= 4 is 54.0 Å². The van der Waals surface area contributed by atoms with E-state index >= 15 is 0 Å². The molecule has 0 amide bonds. The van der Waals surface area contributed by atoms with Gasteiger partial charge in [0.1, 0.15) is 0 Å². The molecule has 0 fully saturated rings. The molecule has 20 heavy (non-hydrogen) atoms. The maximum atomic E-state index is 4.62. The van der Waals surface area contributed by atoms with Gasteiger partial charge in [0.15, 0.2) is 5.13 Å². The monoisotopic (exact) mass is 347 g/mol. The molecular weight excluding hydrogens is 334 g/mol. The average Bonchev–Trinajstić information content (AvgIpc) is 2.80. The van der Waals surface area contributed by atoms with Crippen molar-refractivity contribution < 1.29 is 0 Å². The average molecular weight is 348 g/mol. The van der Waals surface area contributed by atoms with Crippen molar-refractivity contribution in [2.45, 2.75) is 0 Å². The molecule has 5 heteroatoms. The van der Waals surface area contributed by atoms with Crippen LogP contribution in [-0.2, 0) is 0 Å². The van der Waals surface area contributed by atoms with Crippen LogP contribution in [0.4, 0.5) is 16.5 Å². The highest BCUT2D eigenvalue weighted by atomic mass is 79.9. The Kier molecular flexibility index (Phi) is 3.63. The van der Waals surface area contributed by atoms with E-state index in [1.807, 2.05) is 38.4 Å². The summed E-state index contributed by atoms with van der Waals surface area (Å²) in [4.78, 5) is 6.71. The second-order valence-corrected chi connectivity index (χ2v) is 6.61. The van der Waals surface area contributed by atoms with Gasteiger partial charge < -0.3 is 10.2 Å². The van der Waals surface area contributed by atoms with Crippen LogP contribution in [0, 0.1) is 0 Å². The molecule has 0 saturated carbocycles. The van der Waals surface area contributed by atoms with Crippen LogP contribution in [-0.4, -0.2) is 19.1 Å². The minimum absolute atomic E-state index is 0.910. The first-order valence-electron chi connectivity index (χ1n) is 6.23. The Morgan fingerprint density at radius 2 is 1.95 bits per heavy atom. The topological polar surface area (TPSA) is 28.2 Å². The molecule has 1 N–H and O–H groups in total. The maximum Gasteiger partial charge on any atom is 0.188 e. The Bertz CT molecular complexity index is 752. The third-order valence-electron chi connectivity index (χ3n) is 2.98. The van der Waals surface area contributed by atoms with E-state index in [4.69, 9.17) is 0 Å². The van der Waals surface area contributed by atoms with Crippen molar-refractivity contribution in [2.24, 2.45) is 0 Å². The number of nitrogens with one attached hydrogen (secondary N) is 1. The standard InChI is InChI=1S/C15H14BrN3S/c1-19(2)13-6-4-3-5-11(13)17-15-18-12-8-7-10(16)9-14(12)20-15/h3-9H,1-2H3,(H,17,18). The first-order chi connectivity index (χ1) is 9.63. The van der Waals surface area contributed by atoms with Gasteiger partial charge in [0.2, 0.25) is 0 Å². The Morgan fingerprint density at radius 1 is 1.15 bits per heavy atom. The van der Waals surface area contributed by atoms with Crippen molar-refractivity contribution in [3.63, 3.8) is 0 Å². The number of fused-ring (bicyclic) bond motifs is 1. The van der Waals surface area contributed by atoms with Gasteiger partial charge in [-0.25, -0.2) is 4.98 Å². The number of rotatable bonds is 3. The van der Waals surface area contributed by atoms with Crippen LogP contribution >= 0.6 is 27.3 Å². The predicted octanol–water partition coefficient (Wildman–Crippen LogP) is 4.87. The molecule has 0 aliphatic rings. The zero-order chi connectivity index (χ0) is 14.1. The normalized spacial score (nSPS) is 10.8. The molecule has 2 aromatic carbocycles. The minimum Gasteiger partial charge on any atom is -0.376 e. The summed E-state index contributed by atoms with van der Waals surface area (Å²) in [5.74, 6) is 0. The summed E-state index contributed by atoms with van der Waals surface area (Å²) >= 11 is 5.15. The Labute approximate surface area is 130 Å². The molecule has 102 valence electrons. The van der Waals surface area contributed by atoms with E-state index in [1.54, 1.807) is 11.3 Å². The number of aromatic nitrogens is 1. The SMILES string of the molecule is CN(C)c1ccccc1Nc1nc2ccc(Br)cc2s1. The smallest absolute Gasteiger partial charge is 0.188 e. The first-order valence-corrected chi connectivity index (χ1v) is 7.84. The van der Waals surface area contributed by atoms with E-state index in [9.17, 15) is 0 Å². The van der Waals surface area contributed by atoms with Crippen molar-refractivity contribution in [1.29, 1.82) is 0 Å². The van der Waals surface area contributed by atoms with Crippen LogP contribution < -0.4 is 10.2 Å². The van der Waals surface area contributed by atoms with Gasteiger partial charge in [0.25, 0.3) is 0 Å². The molecule has 1 heterocycles. The van der Waals surface area contributed by atoms with E-state index in [-0.39, 0.29) is 0 Å². The van der Waals surface area contributed by atoms with E-state index in [2.05, 4.69) is 49.3 Å². The molecular formula is C15H14BrN3S. The van der Waals surface area contributed by atoms with Crippen LogP contribution in [0.5, 0.6) is 0 Å². The fraction of sp³-hybridized carbons (Fsp3) is 0.133. The summed E-state index contributed by atoms with van der Waals surface area (Å²) < 4.78 is 2.25. The highest BCUT2D eigenvalue weighted by Gasteiger charge is 2.08. The molecule has 0 unspecified atom stereocenters. The van der Waals surface area contributed by atoms with Gasteiger partial charge in [-0.2, -0.15) is 0 Å². The fourth-order valence-corrected chi connectivity index (χ4v) is 3.47. The number of hydrogen-bond acceptors (Lipinski definition) is 4. The van der Waals surface area contributed by atoms with Crippen LogP contribution in [0.25, 0.3) is 10.2 Å². The zero-order valence-electron chi connectivity index (χ0n) is 11.2. The van der Waals surface area contributed by atoms with Gasteiger partial charge in [-0.1, -0.05) is 39.4 Å². The molecule has 0 aliphatic heterocycles. The highest BCUT2D eigenvalue weighted by Crippen LogP contribution is 2.33. The van der Waals surface area contributed by atoms with Gasteiger partial charge in [0.05, 0.1) is 21.6 Å². The third-order valence-corrected chi connectivity index (χ3v) is 4.40. The number of halogens is 1. The summed E-state index contributed by atoms with van der Waals surface area (Å²) in [6.45, 7) is 0. The second-order valence-electron chi connectivity index (χ2n) is 4.67. The van der Waals surface area contributed by atoms with Crippen LogP contribution in [0.1, 0.15) is 0 Å². The summed E-state index contributed by atoms with van der Waals surface area (Å²) in [6.07, 6.45) is 0. The Balaban J connectivity index is 1.97. The minimum atomic E-state index is 0.910. The van der Waals surface area contributed by atoms with Gasteiger partial charge in [0, 0.05) is 18.6 Å².